The molecule has 9 nitrogen and oxygen atoms in total. The molecule has 0 bridgehead atoms. The molecule has 2 aromatic carbocycles. The molecule has 37 heavy (non-hydrogen) atoms. The molecule has 2 unspecified atom stereocenters. The van der Waals surface area contributed by atoms with Gasteiger partial charge in [0.25, 0.3) is 5.91 Å². The highest BCUT2D eigenvalue weighted by atomic mass is 32.1. The number of halogens is 1. The smallest absolute Gasteiger partial charge is 0.254 e. The molecule has 0 spiro atoms. The van der Waals surface area contributed by atoms with E-state index < -0.39 is 11.7 Å². The number of nitrogens with one attached hydrogen (secondary N) is 3. The average Bonchev–Trinajstić information content (AvgIpc) is 3.41. The second kappa shape index (κ2) is 10.2. The molecule has 11 heteroatoms. The van der Waals surface area contributed by atoms with Crippen molar-refractivity contribution in [2.24, 2.45) is 5.73 Å². The summed E-state index contributed by atoms with van der Waals surface area (Å²) in [5.41, 5.74) is 14.3. The van der Waals surface area contributed by atoms with Gasteiger partial charge in [-0.05, 0) is 61.4 Å². The van der Waals surface area contributed by atoms with Crippen LogP contribution in [0.4, 0.5) is 9.52 Å². The number of aromatic nitrogens is 2. The quantitative estimate of drug-likeness (QED) is 0.291. The molecule has 0 aliphatic carbocycles. The van der Waals surface area contributed by atoms with Gasteiger partial charge in [-0.2, -0.15) is 0 Å². The van der Waals surface area contributed by atoms with Crippen LogP contribution in [0, 0.1) is 5.82 Å². The van der Waals surface area contributed by atoms with Crippen LogP contribution in [-0.4, -0.2) is 33.9 Å². The van der Waals surface area contributed by atoms with E-state index in [1.807, 2.05) is 6.07 Å². The first kappa shape index (κ1) is 24.8. The number of amides is 2. The topological polar surface area (TPSA) is 131 Å². The number of nitrogens with zero attached hydrogens (tertiary/aromatic N) is 2. The summed E-state index contributed by atoms with van der Waals surface area (Å²) in [6, 6.07) is 13.9. The van der Waals surface area contributed by atoms with Crippen LogP contribution >= 0.6 is 11.3 Å². The van der Waals surface area contributed by atoms with Crippen molar-refractivity contribution in [3.05, 3.63) is 77.2 Å². The fourth-order valence-corrected chi connectivity index (χ4v) is 5.37. The molecule has 1 fully saturated rings. The number of fused-ring (bicyclic) bond motifs is 1. The Morgan fingerprint density at radius 1 is 1.14 bits per heavy atom. The fourth-order valence-electron chi connectivity index (χ4n) is 4.51. The Bertz CT molecular complexity index is 1480. The maximum atomic E-state index is 14.7. The van der Waals surface area contributed by atoms with Gasteiger partial charge in [-0.3, -0.25) is 20.4 Å². The molecular weight excluding hydrogens is 495 g/mol. The first-order valence-electron chi connectivity index (χ1n) is 11.7. The van der Waals surface area contributed by atoms with Crippen molar-refractivity contribution in [3.63, 3.8) is 0 Å². The van der Waals surface area contributed by atoms with Gasteiger partial charge in [0.1, 0.15) is 5.56 Å². The number of primary amides is 1. The lowest BCUT2D eigenvalue weighted by Gasteiger charge is -2.18. The zero-order chi connectivity index (χ0) is 26.1. The summed E-state index contributed by atoms with van der Waals surface area (Å²) in [7, 11) is 0. The van der Waals surface area contributed by atoms with Gasteiger partial charge in [0.15, 0.2) is 16.7 Å². The third-order valence-corrected chi connectivity index (χ3v) is 7.21. The zero-order valence-electron chi connectivity index (χ0n) is 20.1. The predicted molar refractivity (Wildman–Crippen MR) is 139 cm³/mol. The molecule has 1 aliphatic heterocycles. The minimum atomic E-state index is -0.737. The molecule has 2 amide bonds. The number of hydrogen-bond donors (Lipinski definition) is 4. The molecular formula is C26H25FN6O3S. The molecule has 1 aliphatic rings. The number of pyridine rings is 1. The number of anilines is 1. The molecule has 2 atom stereocenters. The summed E-state index contributed by atoms with van der Waals surface area (Å²) in [6.45, 7) is 4.27. The van der Waals surface area contributed by atoms with Crippen LogP contribution in [0.3, 0.4) is 0 Å². The molecule has 4 aromatic rings. The summed E-state index contributed by atoms with van der Waals surface area (Å²) in [6.07, 6.45) is 1.36. The predicted octanol–water partition coefficient (Wildman–Crippen LogP) is 3.87. The molecule has 5 N–H and O–H groups in total. The van der Waals surface area contributed by atoms with E-state index in [0.29, 0.717) is 16.6 Å². The first-order valence-corrected chi connectivity index (χ1v) is 12.5. The monoisotopic (exact) mass is 520 g/mol. The SMILES string of the molecule is CC1NNC(C)C1c1ccc2sc(NC(=O)Cc3ccc(Oc4ncccc4C(N)=O)c(F)c3)nc2c1. The van der Waals surface area contributed by atoms with E-state index in [9.17, 15) is 14.0 Å². The average molecular weight is 521 g/mol. The highest BCUT2D eigenvalue weighted by molar-refractivity contribution is 7.22. The first-order chi connectivity index (χ1) is 17.8. The summed E-state index contributed by atoms with van der Waals surface area (Å²) < 4.78 is 21.1. The highest BCUT2D eigenvalue weighted by Crippen LogP contribution is 2.33. The summed E-state index contributed by atoms with van der Waals surface area (Å²) in [5.74, 6) is -1.67. The second-order valence-corrected chi connectivity index (χ2v) is 9.98. The van der Waals surface area contributed by atoms with Crippen molar-refractivity contribution in [2.75, 3.05) is 5.32 Å². The van der Waals surface area contributed by atoms with Crippen molar-refractivity contribution < 1.29 is 18.7 Å². The van der Waals surface area contributed by atoms with Crippen molar-refractivity contribution in [1.82, 2.24) is 20.8 Å². The van der Waals surface area contributed by atoms with E-state index in [1.165, 1.54) is 47.4 Å². The molecule has 1 saturated heterocycles. The maximum Gasteiger partial charge on any atom is 0.254 e. The zero-order valence-corrected chi connectivity index (χ0v) is 20.9. The van der Waals surface area contributed by atoms with Crippen LogP contribution in [0.2, 0.25) is 0 Å². The van der Waals surface area contributed by atoms with Gasteiger partial charge in [-0.1, -0.05) is 23.5 Å². The lowest BCUT2D eigenvalue weighted by atomic mass is 9.89. The molecule has 5 rings (SSSR count). The van der Waals surface area contributed by atoms with Gasteiger partial charge in [-0.15, -0.1) is 0 Å². The van der Waals surface area contributed by atoms with Crippen molar-refractivity contribution >= 4 is 38.5 Å². The van der Waals surface area contributed by atoms with E-state index in [-0.39, 0.29) is 41.6 Å². The van der Waals surface area contributed by atoms with E-state index >= 15 is 0 Å². The lowest BCUT2D eigenvalue weighted by molar-refractivity contribution is -0.115. The largest absolute Gasteiger partial charge is 0.435 e. The van der Waals surface area contributed by atoms with Crippen LogP contribution in [0.25, 0.3) is 10.2 Å². The third-order valence-electron chi connectivity index (χ3n) is 6.26. The van der Waals surface area contributed by atoms with Gasteiger partial charge >= 0.3 is 0 Å². The van der Waals surface area contributed by atoms with Crippen LogP contribution in [0.15, 0.2) is 54.7 Å². The fraction of sp³-hybridized carbons (Fsp3) is 0.231. The van der Waals surface area contributed by atoms with Crippen molar-refractivity contribution in [1.29, 1.82) is 0 Å². The van der Waals surface area contributed by atoms with Gasteiger partial charge < -0.3 is 15.8 Å². The second-order valence-electron chi connectivity index (χ2n) is 8.95. The number of nitrogens with two attached hydrogens (primary N) is 1. The standard InChI is InChI=1S/C26H25FN6O3S/c1-13-23(14(2)33-32-13)16-6-8-21-19(12-16)30-26(37-21)31-22(34)11-15-5-7-20(18(27)10-15)36-25-17(24(28)35)4-3-9-29-25/h3-10,12-14,23,32-33H,11H2,1-2H3,(H2,28,35)(H,30,31,34). The van der Waals surface area contributed by atoms with Crippen LogP contribution < -0.4 is 26.6 Å². The van der Waals surface area contributed by atoms with E-state index in [2.05, 4.69) is 52.1 Å². The van der Waals surface area contributed by atoms with Crippen LogP contribution in [-0.2, 0) is 11.2 Å². The Hall–Kier alpha value is -3.93. The lowest BCUT2D eigenvalue weighted by Crippen LogP contribution is -2.30. The van der Waals surface area contributed by atoms with E-state index in [1.54, 1.807) is 6.07 Å². The van der Waals surface area contributed by atoms with Gasteiger partial charge in [0.2, 0.25) is 11.8 Å². The van der Waals surface area contributed by atoms with Crippen LogP contribution in [0.1, 0.15) is 41.3 Å². The van der Waals surface area contributed by atoms with Crippen molar-refractivity contribution in [2.45, 2.75) is 38.3 Å². The summed E-state index contributed by atoms with van der Waals surface area (Å²) in [4.78, 5) is 32.7. The van der Waals surface area contributed by atoms with Gasteiger partial charge in [0.05, 0.1) is 16.6 Å². The Morgan fingerprint density at radius 2 is 1.92 bits per heavy atom. The molecule has 0 saturated carbocycles. The number of hydrogen-bond acceptors (Lipinski definition) is 8. The van der Waals surface area contributed by atoms with Gasteiger partial charge in [0, 0.05) is 24.2 Å². The Labute approximate surface area is 216 Å². The number of benzene rings is 2. The normalized spacial score (nSPS) is 19.2. The molecule has 3 heterocycles. The number of thiazole rings is 1. The number of hydrazine groups is 1. The summed E-state index contributed by atoms with van der Waals surface area (Å²) in [5, 5.41) is 3.29. The van der Waals surface area contributed by atoms with E-state index in [4.69, 9.17) is 10.5 Å². The maximum absolute atomic E-state index is 14.7. The minimum absolute atomic E-state index is 0.0360. The summed E-state index contributed by atoms with van der Waals surface area (Å²) >= 11 is 1.39. The third kappa shape index (κ3) is 5.29. The number of ether oxygens (including phenoxy) is 1. The minimum Gasteiger partial charge on any atom is -0.435 e. The molecule has 0 radical (unpaired) electrons. The van der Waals surface area contributed by atoms with Gasteiger partial charge in [-0.25, -0.2) is 14.4 Å². The Balaban J connectivity index is 1.26. The number of rotatable bonds is 7. The molecule has 190 valence electrons. The Kier molecular flexibility index (Phi) is 6.83. The van der Waals surface area contributed by atoms with E-state index in [0.717, 1.165) is 10.2 Å². The van der Waals surface area contributed by atoms with Crippen LogP contribution in [0.5, 0.6) is 11.6 Å². The number of carbonyl (C=O) groups excluding carboxylic acids is 2. The number of carbonyl (C=O) groups is 2. The van der Waals surface area contributed by atoms with Crippen molar-refractivity contribution in [3.8, 4) is 11.6 Å². The highest BCUT2D eigenvalue weighted by Gasteiger charge is 2.31. The Morgan fingerprint density at radius 3 is 2.65 bits per heavy atom. The molecule has 2 aromatic heterocycles.